The van der Waals surface area contributed by atoms with Crippen LogP contribution in [0.15, 0.2) is 18.3 Å². The third kappa shape index (κ3) is 5.70. The number of aromatic nitrogens is 1. The molecule has 0 saturated carbocycles. The highest BCUT2D eigenvalue weighted by Crippen LogP contribution is 2.24. The molecule has 0 amide bonds. The van der Waals surface area contributed by atoms with E-state index >= 15 is 0 Å². The first-order valence-corrected chi connectivity index (χ1v) is 7.19. The molecule has 1 aromatic rings. The van der Waals surface area contributed by atoms with E-state index in [1.54, 1.807) is 7.11 Å². The zero-order valence-electron chi connectivity index (χ0n) is 13.0. The summed E-state index contributed by atoms with van der Waals surface area (Å²) in [5, 5.41) is 3.61. The van der Waals surface area contributed by atoms with Gasteiger partial charge in [0.05, 0.1) is 5.60 Å². The van der Waals surface area contributed by atoms with Crippen molar-refractivity contribution in [1.82, 2.24) is 10.3 Å². The van der Waals surface area contributed by atoms with Crippen molar-refractivity contribution in [2.45, 2.75) is 58.6 Å². The fourth-order valence-electron chi connectivity index (χ4n) is 1.98. The zero-order valence-corrected chi connectivity index (χ0v) is 13.0. The van der Waals surface area contributed by atoms with Gasteiger partial charge in [-0.3, -0.25) is 4.98 Å². The summed E-state index contributed by atoms with van der Waals surface area (Å²) in [6.07, 6.45) is 5.22. The molecule has 1 heterocycles. The first-order valence-electron chi connectivity index (χ1n) is 7.19. The molecule has 1 N–H and O–H groups in total. The molecule has 0 aromatic carbocycles. The summed E-state index contributed by atoms with van der Waals surface area (Å²) < 4.78 is 5.50. The second kappa shape index (κ2) is 7.61. The van der Waals surface area contributed by atoms with Gasteiger partial charge < -0.3 is 10.1 Å². The van der Waals surface area contributed by atoms with Gasteiger partial charge in [0.25, 0.3) is 0 Å². The Kier molecular flexibility index (Phi) is 6.46. The Morgan fingerprint density at radius 1 is 1.37 bits per heavy atom. The average molecular weight is 264 g/mol. The van der Waals surface area contributed by atoms with Crippen molar-refractivity contribution in [1.29, 1.82) is 0 Å². The second-order valence-corrected chi connectivity index (χ2v) is 5.74. The number of ether oxygens (including phenoxy) is 1. The number of methoxy groups -OCH3 is 1. The molecule has 3 heteroatoms. The van der Waals surface area contributed by atoms with Crippen molar-refractivity contribution in [3.8, 4) is 0 Å². The standard InChI is InChI=1S/C16H28N2O/c1-6-11-17-15(9-10-16(3,4)19-5)14-8-7-13(2)18-12-14/h7-8,12,15,17H,6,9-11H2,1-5H3. The van der Waals surface area contributed by atoms with Gasteiger partial charge in [-0.05, 0) is 58.2 Å². The van der Waals surface area contributed by atoms with Crippen LogP contribution in [-0.2, 0) is 4.74 Å². The largest absolute Gasteiger partial charge is 0.379 e. The van der Waals surface area contributed by atoms with Crippen LogP contribution in [0.1, 0.15) is 57.3 Å². The lowest BCUT2D eigenvalue weighted by atomic mass is 9.95. The lowest BCUT2D eigenvalue weighted by Crippen LogP contribution is -2.28. The minimum Gasteiger partial charge on any atom is -0.379 e. The van der Waals surface area contributed by atoms with E-state index in [0.717, 1.165) is 31.5 Å². The number of nitrogens with zero attached hydrogens (tertiary/aromatic N) is 1. The molecule has 0 fully saturated rings. The normalized spacial score (nSPS) is 13.5. The van der Waals surface area contributed by atoms with E-state index in [1.807, 2.05) is 13.1 Å². The van der Waals surface area contributed by atoms with Gasteiger partial charge in [0.2, 0.25) is 0 Å². The van der Waals surface area contributed by atoms with Gasteiger partial charge in [0.1, 0.15) is 0 Å². The van der Waals surface area contributed by atoms with Gasteiger partial charge in [-0.15, -0.1) is 0 Å². The summed E-state index contributed by atoms with van der Waals surface area (Å²) in [7, 11) is 1.78. The van der Waals surface area contributed by atoms with Gasteiger partial charge in [0, 0.05) is 25.0 Å². The Morgan fingerprint density at radius 2 is 2.11 bits per heavy atom. The Hall–Kier alpha value is -0.930. The molecule has 0 radical (unpaired) electrons. The number of hydrogen-bond acceptors (Lipinski definition) is 3. The highest BCUT2D eigenvalue weighted by Gasteiger charge is 2.20. The highest BCUT2D eigenvalue weighted by molar-refractivity contribution is 5.17. The van der Waals surface area contributed by atoms with Gasteiger partial charge in [0.15, 0.2) is 0 Å². The maximum atomic E-state index is 5.50. The van der Waals surface area contributed by atoms with E-state index in [-0.39, 0.29) is 5.60 Å². The minimum absolute atomic E-state index is 0.0652. The van der Waals surface area contributed by atoms with Crippen molar-refractivity contribution < 1.29 is 4.74 Å². The molecule has 1 aromatic heterocycles. The van der Waals surface area contributed by atoms with E-state index in [0.29, 0.717) is 6.04 Å². The van der Waals surface area contributed by atoms with E-state index in [1.165, 1.54) is 5.56 Å². The number of aryl methyl sites for hydroxylation is 1. The summed E-state index contributed by atoms with van der Waals surface area (Å²) in [6.45, 7) is 9.52. The number of nitrogens with one attached hydrogen (secondary N) is 1. The molecular weight excluding hydrogens is 236 g/mol. The predicted molar refractivity (Wildman–Crippen MR) is 80.3 cm³/mol. The fourth-order valence-corrected chi connectivity index (χ4v) is 1.98. The highest BCUT2D eigenvalue weighted by atomic mass is 16.5. The van der Waals surface area contributed by atoms with Gasteiger partial charge in [-0.2, -0.15) is 0 Å². The SMILES string of the molecule is CCCNC(CCC(C)(C)OC)c1ccc(C)nc1. The second-order valence-electron chi connectivity index (χ2n) is 5.74. The van der Waals surface area contributed by atoms with Crippen LogP contribution in [0.2, 0.25) is 0 Å². The van der Waals surface area contributed by atoms with Crippen LogP contribution in [0.25, 0.3) is 0 Å². The fraction of sp³-hybridized carbons (Fsp3) is 0.688. The summed E-state index contributed by atoms with van der Waals surface area (Å²) >= 11 is 0. The zero-order chi connectivity index (χ0) is 14.3. The molecule has 1 atom stereocenters. The third-order valence-corrected chi connectivity index (χ3v) is 3.57. The summed E-state index contributed by atoms with van der Waals surface area (Å²) in [5.74, 6) is 0. The lowest BCUT2D eigenvalue weighted by molar-refractivity contribution is 0.0116. The topological polar surface area (TPSA) is 34.1 Å². The molecule has 0 aliphatic heterocycles. The minimum atomic E-state index is -0.0652. The number of rotatable bonds is 8. The van der Waals surface area contributed by atoms with Crippen LogP contribution in [0, 0.1) is 6.92 Å². The average Bonchev–Trinajstić information content (AvgIpc) is 2.40. The molecule has 19 heavy (non-hydrogen) atoms. The Labute approximate surface area is 117 Å². The van der Waals surface area contributed by atoms with E-state index in [4.69, 9.17) is 4.74 Å². The summed E-state index contributed by atoms with van der Waals surface area (Å²) in [6, 6.07) is 4.62. The van der Waals surface area contributed by atoms with Crippen LogP contribution in [0.3, 0.4) is 0 Å². The van der Waals surface area contributed by atoms with Gasteiger partial charge in [-0.1, -0.05) is 13.0 Å². The summed E-state index contributed by atoms with van der Waals surface area (Å²) in [5.41, 5.74) is 2.27. The Morgan fingerprint density at radius 3 is 2.63 bits per heavy atom. The van der Waals surface area contributed by atoms with Gasteiger partial charge >= 0.3 is 0 Å². The molecule has 0 bridgehead atoms. The maximum Gasteiger partial charge on any atom is 0.0623 e. The maximum absolute atomic E-state index is 5.50. The quantitative estimate of drug-likeness (QED) is 0.778. The first-order chi connectivity index (χ1) is 8.98. The van der Waals surface area contributed by atoms with E-state index in [9.17, 15) is 0 Å². The third-order valence-electron chi connectivity index (χ3n) is 3.57. The van der Waals surface area contributed by atoms with Crippen LogP contribution in [0.5, 0.6) is 0 Å². The predicted octanol–water partition coefficient (Wildman–Crippen LogP) is 3.64. The molecule has 0 aliphatic rings. The number of hydrogen-bond donors (Lipinski definition) is 1. The molecule has 1 unspecified atom stereocenters. The molecule has 108 valence electrons. The van der Waals surface area contributed by atoms with Crippen molar-refractivity contribution in [3.05, 3.63) is 29.6 Å². The van der Waals surface area contributed by atoms with Crippen molar-refractivity contribution >= 4 is 0 Å². The van der Waals surface area contributed by atoms with E-state index in [2.05, 4.69) is 43.2 Å². The Bertz CT molecular complexity index is 360. The Balaban J connectivity index is 2.68. The number of pyridine rings is 1. The summed E-state index contributed by atoms with van der Waals surface area (Å²) in [4.78, 5) is 4.40. The van der Waals surface area contributed by atoms with Crippen molar-refractivity contribution in [2.75, 3.05) is 13.7 Å². The first kappa shape index (κ1) is 16.1. The monoisotopic (exact) mass is 264 g/mol. The lowest BCUT2D eigenvalue weighted by Gasteiger charge is -2.26. The van der Waals surface area contributed by atoms with Gasteiger partial charge in [-0.25, -0.2) is 0 Å². The molecule has 3 nitrogen and oxygen atoms in total. The molecule has 0 aliphatic carbocycles. The van der Waals surface area contributed by atoms with E-state index < -0.39 is 0 Å². The van der Waals surface area contributed by atoms with Crippen LogP contribution < -0.4 is 5.32 Å². The van der Waals surface area contributed by atoms with Crippen LogP contribution >= 0.6 is 0 Å². The molecular formula is C16H28N2O. The van der Waals surface area contributed by atoms with Crippen molar-refractivity contribution in [3.63, 3.8) is 0 Å². The molecule has 0 spiro atoms. The van der Waals surface area contributed by atoms with Crippen molar-refractivity contribution in [2.24, 2.45) is 0 Å². The molecule has 1 rings (SSSR count). The van der Waals surface area contributed by atoms with Crippen LogP contribution in [0.4, 0.5) is 0 Å². The smallest absolute Gasteiger partial charge is 0.0623 e. The van der Waals surface area contributed by atoms with Crippen LogP contribution in [-0.4, -0.2) is 24.2 Å². The molecule has 0 saturated heterocycles.